The normalized spacial score (nSPS) is 24.6. The average molecular weight is 298 g/mol. The molecule has 0 amide bonds. The summed E-state index contributed by atoms with van der Waals surface area (Å²) in [5.41, 5.74) is 1.36. The quantitative estimate of drug-likeness (QED) is 0.921. The highest BCUT2D eigenvalue weighted by Crippen LogP contribution is 2.38. The zero-order valence-electron chi connectivity index (χ0n) is 10.5. The van der Waals surface area contributed by atoms with Gasteiger partial charge in [-0.3, -0.25) is 0 Å². The van der Waals surface area contributed by atoms with Gasteiger partial charge in [0.1, 0.15) is 5.75 Å². The molecule has 0 aromatic heterocycles. The van der Waals surface area contributed by atoms with E-state index in [2.05, 4.69) is 40.3 Å². The molecule has 1 aliphatic heterocycles. The Morgan fingerprint density at radius 2 is 2.29 bits per heavy atom. The number of halogens is 1. The van der Waals surface area contributed by atoms with Crippen LogP contribution < -0.4 is 10.1 Å². The van der Waals surface area contributed by atoms with Crippen molar-refractivity contribution in [1.82, 2.24) is 5.32 Å². The monoisotopic (exact) mass is 297 g/mol. The first kappa shape index (κ1) is 12.9. The molecule has 17 heavy (non-hydrogen) atoms. The molecule has 1 aliphatic rings. The molecule has 2 unspecified atom stereocenters. The van der Waals surface area contributed by atoms with Crippen LogP contribution in [0.25, 0.3) is 0 Å². The second kappa shape index (κ2) is 5.87. The predicted molar refractivity (Wildman–Crippen MR) is 74.7 cm³/mol. The summed E-state index contributed by atoms with van der Waals surface area (Å²) in [7, 11) is 1.76. The van der Waals surface area contributed by atoms with E-state index in [4.69, 9.17) is 4.74 Å². The number of benzene rings is 1. The van der Waals surface area contributed by atoms with Crippen LogP contribution in [0.5, 0.6) is 5.75 Å². The minimum Gasteiger partial charge on any atom is -0.496 e. The molecule has 1 N–H and O–H groups in total. The van der Waals surface area contributed by atoms with Gasteiger partial charge in [-0.15, -0.1) is 0 Å². The van der Waals surface area contributed by atoms with Crippen molar-refractivity contribution in [1.29, 1.82) is 0 Å². The Bertz CT molecular complexity index is 380. The number of ether oxygens (including phenoxy) is 1. The van der Waals surface area contributed by atoms with Crippen molar-refractivity contribution in [3.8, 4) is 5.75 Å². The summed E-state index contributed by atoms with van der Waals surface area (Å²) in [5.74, 6) is 2.36. The number of piperidine rings is 1. The third-order valence-corrected chi connectivity index (χ3v) is 4.22. The summed E-state index contributed by atoms with van der Waals surface area (Å²) < 4.78 is 6.65. The summed E-state index contributed by atoms with van der Waals surface area (Å²) in [6.45, 7) is 4.50. The molecule has 0 spiro atoms. The third-order valence-electron chi connectivity index (χ3n) is 3.72. The van der Waals surface area contributed by atoms with Crippen LogP contribution in [-0.2, 0) is 0 Å². The summed E-state index contributed by atoms with van der Waals surface area (Å²) in [5, 5.41) is 3.49. The van der Waals surface area contributed by atoms with E-state index in [0.29, 0.717) is 11.8 Å². The molecule has 0 radical (unpaired) electrons. The Balaban J connectivity index is 2.33. The SMILES string of the molecule is CCC1CNCCC1c1cc(Br)ccc1OC. The van der Waals surface area contributed by atoms with Crippen LogP contribution in [0, 0.1) is 5.92 Å². The second-order valence-electron chi connectivity index (χ2n) is 4.65. The molecule has 1 saturated heterocycles. The van der Waals surface area contributed by atoms with E-state index < -0.39 is 0 Å². The van der Waals surface area contributed by atoms with Crippen LogP contribution in [0.15, 0.2) is 22.7 Å². The Hall–Kier alpha value is -0.540. The minimum atomic E-state index is 0.619. The lowest BCUT2D eigenvalue weighted by Gasteiger charge is -2.32. The highest BCUT2D eigenvalue weighted by Gasteiger charge is 2.27. The van der Waals surface area contributed by atoms with Crippen LogP contribution in [-0.4, -0.2) is 20.2 Å². The molecule has 94 valence electrons. The molecule has 2 nitrogen and oxygen atoms in total. The van der Waals surface area contributed by atoms with E-state index in [9.17, 15) is 0 Å². The topological polar surface area (TPSA) is 21.3 Å². The lowest BCUT2D eigenvalue weighted by Crippen LogP contribution is -2.35. The van der Waals surface area contributed by atoms with Gasteiger partial charge in [0.15, 0.2) is 0 Å². The van der Waals surface area contributed by atoms with Crippen molar-refractivity contribution < 1.29 is 4.74 Å². The van der Waals surface area contributed by atoms with Crippen LogP contribution in [0.1, 0.15) is 31.2 Å². The molecule has 2 rings (SSSR count). The Morgan fingerprint density at radius 1 is 1.47 bits per heavy atom. The van der Waals surface area contributed by atoms with Gasteiger partial charge in [-0.25, -0.2) is 0 Å². The number of methoxy groups -OCH3 is 1. The highest BCUT2D eigenvalue weighted by molar-refractivity contribution is 9.10. The van der Waals surface area contributed by atoms with Crippen molar-refractivity contribution in [2.45, 2.75) is 25.7 Å². The van der Waals surface area contributed by atoms with Gasteiger partial charge < -0.3 is 10.1 Å². The number of hydrogen-bond donors (Lipinski definition) is 1. The van der Waals surface area contributed by atoms with Gasteiger partial charge in [0.2, 0.25) is 0 Å². The first-order chi connectivity index (χ1) is 8.26. The molecule has 1 aromatic carbocycles. The van der Waals surface area contributed by atoms with Crippen LogP contribution in [0.2, 0.25) is 0 Å². The van der Waals surface area contributed by atoms with E-state index in [1.54, 1.807) is 7.11 Å². The van der Waals surface area contributed by atoms with Crippen molar-refractivity contribution in [3.63, 3.8) is 0 Å². The van der Waals surface area contributed by atoms with Crippen molar-refractivity contribution in [2.75, 3.05) is 20.2 Å². The van der Waals surface area contributed by atoms with Gasteiger partial charge in [0, 0.05) is 4.47 Å². The number of nitrogens with one attached hydrogen (secondary N) is 1. The van der Waals surface area contributed by atoms with E-state index in [-0.39, 0.29) is 0 Å². The molecule has 1 aromatic rings. The van der Waals surface area contributed by atoms with Gasteiger partial charge in [0.25, 0.3) is 0 Å². The fourth-order valence-corrected chi connectivity index (χ4v) is 3.14. The molecule has 0 bridgehead atoms. The average Bonchev–Trinajstić information content (AvgIpc) is 2.38. The van der Waals surface area contributed by atoms with Crippen molar-refractivity contribution >= 4 is 15.9 Å². The fraction of sp³-hybridized carbons (Fsp3) is 0.571. The van der Waals surface area contributed by atoms with Gasteiger partial charge in [-0.05, 0) is 55.1 Å². The summed E-state index contributed by atoms with van der Waals surface area (Å²) in [6.07, 6.45) is 2.42. The molecule has 1 heterocycles. The zero-order chi connectivity index (χ0) is 12.3. The van der Waals surface area contributed by atoms with Crippen LogP contribution in [0.4, 0.5) is 0 Å². The van der Waals surface area contributed by atoms with E-state index in [0.717, 1.165) is 23.3 Å². The van der Waals surface area contributed by atoms with Crippen molar-refractivity contribution in [2.24, 2.45) is 5.92 Å². The summed E-state index contributed by atoms with van der Waals surface area (Å²) in [4.78, 5) is 0. The van der Waals surface area contributed by atoms with Crippen LogP contribution >= 0.6 is 15.9 Å². The van der Waals surface area contributed by atoms with Gasteiger partial charge in [0.05, 0.1) is 7.11 Å². The maximum absolute atomic E-state index is 5.51. The lowest BCUT2D eigenvalue weighted by atomic mass is 9.79. The first-order valence-corrected chi connectivity index (χ1v) is 7.09. The summed E-state index contributed by atoms with van der Waals surface area (Å²) >= 11 is 3.56. The second-order valence-corrected chi connectivity index (χ2v) is 5.57. The molecule has 0 aliphatic carbocycles. The fourth-order valence-electron chi connectivity index (χ4n) is 2.76. The first-order valence-electron chi connectivity index (χ1n) is 6.30. The zero-order valence-corrected chi connectivity index (χ0v) is 12.1. The number of hydrogen-bond acceptors (Lipinski definition) is 2. The maximum Gasteiger partial charge on any atom is 0.122 e. The van der Waals surface area contributed by atoms with Gasteiger partial charge in [-0.1, -0.05) is 29.3 Å². The Morgan fingerprint density at radius 3 is 3.00 bits per heavy atom. The van der Waals surface area contributed by atoms with Crippen molar-refractivity contribution in [3.05, 3.63) is 28.2 Å². The molecular formula is C14H20BrNO. The molecule has 0 saturated carbocycles. The molecule has 2 atom stereocenters. The minimum absolute atomic E-state index is 0.619. The highest BCUT2D eigenvalue weighted by atomic mass is 79.9. The largest absolute Gasteiger partial charge is 0.496 e. The Labute approximate surface area is 112 Å². The van der Waals surface area contributed by atoms with E-state index >= 15 is 0 Å². The van der Waals surface area contributed by atoms with Gasteiger partial charge >= 0.3 is 0 Å². The maximum atomic E-state index is 5.51. The summed E-state index contributed by atoms with van der Waals surface area (Å²) in [6, 6.07) is 6.33. The number of rotatable bonds is 3. The Kier molecular flexibility index (Phi) is 4.46. The third kappa shape index (κ3) is 2.83. The van der Waals surface area contributed by atoms with Gasteiger partial charge in [-0.2, -0.15) is 0 Å². The predicted octanol–water partition coefficient (Wildman–Crippen LogP) is 3.56. The lowest BCUT2D eigenvalue weighted by molar-refractivity contribution is 0.307. The molecular weight excluding hydrogens is 278 g/mol. The molecule has 1 fully saturated rings. The smallest absolute Gasteiger partial charge is 0.122 e. The molecule has 3 heteroatoms. The van der Waals surface area contributed by atoms with E-state index in [1.807, 2.05) is 6.07 Å². The van der Waals surface area contributed by atoms with E-state index in [1.165, 1.54) is 18.4 Å². The standard InChI is InChI=1S/C14H20BrNO/c1-3-10-9-16-7-6-12(10)13-8-11(15)4-5-14(13)17-2/h4-5,8,10,12,16H,3,6-7,9H2,1-2H3. The van der Waals surface area contributed by atoms with Crippen LogP contribution in [0.3, 0.4) is 0 Å².